The summed E-state index contributed by atoms with van der Waals surface area (Å²) in [5.41, 5.74) is -2.20. The number of anilines is 1. The first kappa shape index (κ1) is 18.8. The first-order valence-corrected chi connectivity index (χ1v) is 9.31. The molecular weight excluding hydrogens is 339 g/mol. The van der Waals surface area contributed by atoms with Crippen molar-refractivity contribution in [1.82, 2.24) is 15.1 Å². The number of carbonyl (C=O) groups excluding carboxylic acids is 2. The van der Waals surface area contributed by atoms with Crippen molar-refractivity contribution in [1.29, 1.82) is 0 Å². The average Bonchev–Trinajstić information content (AvgIpc) is 3.17. The summed E-state index contributed by atoms with van der Waals surface area (Å²) in [4.78, 5) is 24.6. The van der Waals surface area contributed by atoms with Crippen molar-refractivity contribution < 1.29 is 19.1 Å². The normalized spacial score (nSPS) is 21.7. The van der Waals surface area contributed by atoms with Crippen LogP contribution in [-0.2, 0) is 16.6 Å². The molecule has 1 aromatic rings. The highest BCUT2D eigenvalue weighted by molar-refractivity contribution is 5.95. The summed E-state index contributed by atoms with van der Waals surface area (Å²) in [5.74, 6) is -0.558. The summed E-state index contributed by atoms with van der Waals surface area (Å²) < 4.78 is 16.0. The Morgan fingerprint density at radius 2 is 2.00 bits per heavy atom. The summed E-state index contributed by atoms with van der Waals surface area (Å²) in [6.45, 7) is 0. The lowest BCUT2D eigenvalue weighted by Gasteiger charge is -2.45. The van der Waals surface area contributed by atoms with Gasteiger partial charge < -0.3 is 15.7 Å². The number of halogens is 1. The minimum absolute atomic E-state index is 0.0762. The highest BCUT2D eigenvalue weighted by atomic mass is 19.1. The van der Waals surface area contributed by atoms with Crippen molar-refractivity contribution in [3.05, 3.63) is 12.3 Å². The molecule has 8 heteroatoms. The molecule has 3 rings (SSSR count). The second-order valence-electron chi connectivity index (χ2n) is 7.68. The molecular formula is C18H27FN4O3. The van der Waals surface area contributed by atoms with E-state index in [1.807, 2.05) is 0 Å². The molecule has 0 radical (unpaired) electrons. The van der Waals surface area contributed by atoms with Crippen LogP contribution in [-0.4, -0.2) is 44.0 Å². The molecule has 0 aliphatic heterocycles. The second-order valence-corrected chi connectivity index (χ2v) is 7.68. The van der Waals surface area contributed by atoms with Crippen LogP contribution in [0.25, 0.3) is 0 Å². The third-order valence-corrected chi connectivity index (χ3v) is 5.67. The molecule has 2 fully saturated rings. The lowest BCUT2D eigenvalue weighted by atomic mass is 9.72. The second kappa shape index (κ2) is 7.34. The van der Waals surface area contributed by atoms with Gasteiger partial charge in [0.15, 0.2) is 11.9 Å². The van der Waals surface area contributed by atoms with Crippen LogP contribution >= 0.6 is 0 Å². The topological polar surface area (TPSA) is 96.3 Å². The van der Waals surface area contributed by atoms with Crippen LogP contribution in [0.15, 0.2) is 12.3 Å². The van der Waals surface area contributed by atoms with Gasteiger partial charge in [-0.15, -0.1) is 0 Å². The van der Waals surface area contributed by atoms with E-state index >= 15 is 0 Å². The van der Waals surface area contributed by atoms with Crippen LogP contribution in [0.3, 0.4) is 0 Å². The van der Waals surface area contributed by atoms with E-state index in [9.17, 15) is 19.1 Å². The van der Waals surface area contributed by atoms with Crippen LogP contribution in [0.2, 0.25) is 0 Å². The Labute approximate surface area is 152 Å². The summed E-state index contributed by atoms with van der Waals surface area (Å²) in [6, 6.07) is 1.62. The molecule has 2 amide bonds. The van der Waals surface area contributed by atoms with Gasteiger partial charge in [-0.1, -0.05) is 12.8 Å². The molecule has 2 aliphatic carbocycles. The number of aliphatic hydroxyl groups is 1. The molecule has 7 nitrogen and oxygen atoms in total. The van der Waals surface area contributed by atoms with Crippen molar-refractivity contribution in [2.24, 2.45) is 7.05 Å². The smallest absolute Gasteiger partial charge is 0.256 e. The lowest BCUT2D eigenvalue weighted by Crippen LogP contribution is -2.64. The fourth-order valence-corrected chi connectivity index (χ4v) is 3.89. The number of aromatic nitrogens is 2. The summed E-state index contributed by atoms with van der Waals surface area (Å²) in [7, 11) is 1.72. The van der Waals surface area contributed by atoms with Crippen LogP contribution < -0.4 is 10.6 Å². The molecule has 1 atom stereocenters. The van der Waals surface area contributed by atoms with Crippen molar-refractivity contribution in [3.8, 4) is 0 Å². The van der Waals surface area contributed by atoms with Crippen LogP contribution in [0.4, 0.5) is 10.2 Å². The van der Waals surface area contributed by atoms with E-state index in [4.69, 9.17) is 0 Å². The standard InChI is InChI=1S/C18H27FN4O3/c1-23-12-6-13(22-23)20-16(26)15(25)18(9-4-10-18)21-14(24)5-11-17(19)7-2-3-8-17/h6,12,15,25H,2-5,7-11H2,1H3,(H,21,24)(H,20,22,26). The van der Waals surface area contributed by atoms with Crippen molar-refractivity contribution in [2.45, 2.75) is 75.1 Å². The van der Waals surface area contributed by atoms with Crippen molar-refractivity contribution >= 4 is 17.6 Å². The van der Waals surface area contributed by atoms with E-state index in [2.05, 4.69) is 15.7 Å². The van der Waals surface area contributed by atoms with Gasteiger partial charge in [0, 0.05) is 25.7 Å². The van der Waals surface area contributed by atoms with Gasteiger partial charge in [-0.2, -0.15) is 5.10 Å². The molecule has 0 aromatic carbocycles. The quantitative estimate of drug-likeness (QED) is 0.686. The summed E-state index contributed by atoms with van der Waals surface area (Å²) >= 11 is 0. The van der Waals surface area contributed by atoms with Crippen LogP contribution in [0.1, 0.15) is 57.8 Å². The van der Waals surface area contributed by atoms with E-state index < -0.39 is 23.2 Å². The van der Waals surface area contributed by atoms with Gasteiger partial charge in [0.1, 0.15) is 5.67 Å². The molecule has 1 heterocycles. The third-order valence-electron chi connectivity index (χ3n) is 5.67. The minimum Gasteiger partial charge on any atom is -0.381 e. The van der Waals surface area contributed by atoms with Gasteiger partial charge in [0.2, 0.25) is 5.91 Å². The van der Waals surface area contributed by atoms with E-state index in [1.165, 1.54) is 0 Å². The number of nitrogens with one attached hydrogen (secondary N) is 2. The summed E-state index contributed by atoms with van der Waals surface area (Å²) in [5, 5.41) is 19.9. The fraction of sp³-hybridized carbons (Fsp3) is 0.722. The van der Waals surface area contributed by atoms with Gasteiger partial charge in [-0.25, -0.2) is 4.39 Å². The largest absolute Gasteiger partial charge is 0.381 e. The van der Waals surface area contributed by atoms with E-state index in [0.717, 1.165) is 19.3 Å². The molecule has 26 heavy (non-hydrogen) atoms. The Hall–Kier alpha value is -1.96. The molecule has 3 N–H and O–H groups in total. The fourth-order valence-electron chi connectivity index (χ4n) is 3.89. The SMILES string of the molecule is Cn1ccc(NC(=O)C(O)C2(NC(=O)CCC3(F)CCCC3)CCC2)n1. The van der Waals surface area contributed by atoms with E-state index in [1.54, 1.807) is 24.0 Å². The zero-order valence-electron chi connectivity index (χ0n) is 15.1. The molecule has 144 valence electrons. The number of carbonyl (C=O) groups is 2. The highest BCUT2D eigenvalue weighted by Crippen LogP contribution is 2.38. The van der Waals surface area contributed by atoms with Crippen LogP contribution in [0.5, 0.6) is 0 Å². The van der Waals surface area contributed by atoms with Crippen molar-refractivity contribution in [2.75, 3.05) is 5.32 Å². The van der Waals surface area contributed by atoms with E-state index in [-0.39, 0.29) is 18.7 Å². The monoisotopic (exact) mass is 366 g/mol. The number of alkyl halides is 1. The number of hydrogen-bond donors (Lipinski definition) is 3. The van der Waals surface area contributed by atoms with Gasteiger partial charge in [0.25, 0.3) is 5.91 Å². The Kier molecular flexibility index (Phi) is 5.32. The maximum absolute atomic E-state index is 14.4. The van der Waals surface area contributed by atoms with Crippen LogP contribution in [0, 0.1) is 0 Å². The predicted octanol–water partition coefficient (Wildman–Crippen LogP) is 1.82. The first-order valence-electron chi connectivity index (χ1n) is 9.31. The molecule has 2 aliphatic rings. The minimum atomic E-state index is -1.37. The number of amides is 2. The zero-order valence-corrected chi connectivity index (χ0v) is 15.1. The Morgan fingerprint density at radius 1 is 1.31 bits per heavy atom. The Bertz CT molecular complexity index is 665. The molecule has 0 spiro atoms. The third kappa shape index (κ3) is 4.06. The molecule has 1 aromatic heterocycles. The number of nitrogens with zero attached hydrogens (tertiary/aromatic N) is 2. The number of aliphatic hydroxyl groups excluding tert-OH is 1. The van der Waals surface area contributed by atoms with E-state index in [0.29, 0.717) is 31.5 Å². The average molecular weight is 366 g/mol. The Balaban J connectivity index is 1.55. The van der Waals surface area contributed by atoms with Gasteiger partial charge in [-0.3, -0.25) is 14.3 Å². The molecule has 0 saturated heterocycles. The zero-order chi connectivity index (χ0) is 18.8. The van der Waals surface area contributed by atoms with Gasteiger partial charge in [-0.05, 0) is 38.5 Å². The Morgan fingerprint density at radius 3 is 2.54 bits per heavy atom. The lowest BCUT2D eigenvalue weighted by molar-refractivity contribution is -0.136. The van der Waals surface area contributed by atoms with Crippen molar-refractivity contribution in [3.63, 3.8) is 0 Å². The maximum atomic E-state index is 14.4. The summed E-state index contributed by atoms with van der Waals surface area (Å²) in [6.07, 6.45) is 5.22. The predicted molar refractivity (Wildman–Crippen MR) is 94.1 cm³/mol. The molecule has 0 bridgehead atoms. The van der Waals surface area contributed by atoms with Gasteiger partial charge in [0.05, 0.1) is 5.54 Å². The highest BCUT2D eigenvalue weighted by Gasteiger charge is 2.48. The molecule has 2 saturated carbocycles. The number of hydrogen-bond acceptors (Lipinski definition) is 4. The first-order chi connectivity index (χ1) is 12.3. The maximum Gasteiger partial charge on any atom is 0.256 e. The number of rotatable bonds is 7. The van der Waals surface area contributed by atoms with Gasteiger partial charge >= 0.3 is 0 Å². The number of aryl methyl sites for hydroxylation is 1. The molecule has 1 unspecified atom stereocenters.